The molecule has 1 heterocycles. The van der Waals surface area contributed by atoms with Crippen LogP contribution in [0.2, 0.25) is 0 Å². The van der Waals surface area contributed by atoms with E-state index in [1.54, 1.807) is 23.5 Å². The first-order chi connectivity index (χ1) is 8.19. The fraction of sp³-hybridized carbons (Fsp3) is 0.167. The van der Waals surface area contributed by atoms with Gasteiger partial charge in [-0.3, -0.25) is 11.3 Å². The van der Waals surface area contributed by atoms with Crippen LogP contribution in [0.1, 0.15) is 17.2 Å². The van der Waals surface area contributed by atoms with Gasteiger partial charge in [0.1, 0.15) is 5.82 Å². The average molecular weight is 362 g/mol. The highest BCUT2D eigenvalue weighted by Gasteiger charge is 2.12. The van der Waals surface area contributed by atoms with Crippen LogP contribution in [0.15, 0.2) is 35.7 Å². The summed E-state index contributed by atoms with van der Waals surface area (Å²) in [6, 6.07) is 8.70. The molecule has 0 amide bonds. The minimum Gasteiger partial charge on any atom is -0.271 e. The number of hydrogen-bond acceptors (Lipinski definition) is 3. The molecule has 0 fully saturated rings. The molecule has 5 heteroatoms. The van der Waals surface area contributed by atoms with Gasteiger partial charge in [0, 0.05) is 0 Å². The number of rotatable bonds is 4. The van der Waals surface area contributed by atoms with E-state index in [1.807, 2.05) is 0 Å². The fourth-order valence-electron chi connectivity index (χ4n) is 1.64. The summed E-state index contributed by atoms with van der Waals surface area (Å²) >= 11 is 3.98. The van der Waals surface area contributed by atoms with Gasteiger partial charge in [-0.1, -0.05) is 12.1 Å². The summed E-state index contributed by atoms with van der Waals surface area (Å²) in [4.78, 5) is 0. The zero-order valence-corrected chi connectivity index (χ0v) is 12.0. The molecule has 1 aromatic heterocycles. The lowest BCUT2D eigenvalue weighted by atomic mass is 10.0. The van der Waals surface area contributed by atoms with Crippen molar-refractivity contribution in [2.75, 3.05) is 0 Å². The lowest BCUT2D eigenvalue weighted by Crippen LogP contribution is -2.29. The highest BCUT2D eigenvalue weighted by molar-refractivity contribution is 14.1. The molecule has 17 heavy (non-hydrogen) atoms. The maximum absolute atomic E-state index is 12.8. The summed E-state index contributed by atoms with van der Waals surface area (Å²) in [6.45, 7) is 0. The average Bonchev–Trinajstić information content (AvgIpc) is 2.75. The van der Waals surface area contributed by atoms with Crippen LogP contribution in [-0.4, -0.2) is 0 Å². The molecule has 0 saturated heterocycles. The Morgan fingerprint density at radius 3 is 2.59 bits per heavy atom. The molecule has 0 saturated carbocycles. The SMILES string of the molecule is NNC(Cc1ccc(F)cc1)c1csc(I)c1. The Balaban J connectivity index is 2.12. The number of nitrogens with two attached hydrogens (primary N) is 1. The molecular weight excluding hydrogens is 350 g/mol. The van der Waals surface area contributed by atoms with E-state index in [0.29, 0.717) is 0 Å². The molecule has 0 radical (unpaired) electrons. The minimum atomic E-state index is -0.212. The number of benzene rings is 1. The van der Waals surface area contributed by atoms with Crippen molar-refractivity contribution in [3.05, 3.63) is 55.5 Å². The van der Waals surface area contributed by atoms with Gasteiger partial charge in [0.25, 0.3) is 0 Å². The highest BCUT2D eigenvalue weighted by atomic mass is 127. The first-order valence-electron chi connectivity index (χ1n) is 5.13. The van der Waals surface area contributed by atoms with Crippen molar-refractivity contribution >= 4 is 33.9 Å². The predicted molar refractivity (Wildman–Crippen MR) is 77.2 cm³/mol. The maximum atomic E-state index is 12.8. The summed E-state index contributed by atoms with van der Waals surface area (Å²) in [5.74, 6) is 5.36. The van der Waals surface area contributed by atoms with Crippen LogP contribution in [0.25, 0.3) is 0 Å². The number of hydrazine groups is 1. The third-order valence-corrected chi connectivity index (χ3v) is 4.35. The third kappa shape index (κ3) is 3.48. The second-order valence-corrected chi connectivity index (χ2v) is 6.54. The number of nitrogens with one attached hydrogen (secondary N) is 1. The minimum absolute atomic E-state index is 0.0697. The number of halogens is 2. The lowest BCUT2D eigenvalue weighted by Gasteiger charge is -2.14. The van der Waals surface area contributed by atoms with Gasteiger partial charge in [-0.2, -0.15) is 0 Å². The second kappa shape index (κ2) is 5.90. The molecule has 0 aliphatic carbocycles. The summed E-state index contributed by atoms with van der Waals surface area (Å²) in [7, 11) is 0. The monoisotopic (exact) mass is 362 g/mol. The maximum Gasteiger partial charge on any atom is 0.123 e. The van der Waals surface area contributed by atoms with Crippen LogP contribution in [0, 0.1) is 8.70 Å². The molecule has 0 spiro atoms. The summed E-state index contributed by atoms with van der Waals surface area (Å²) in [5, 5.41) is 2.09. The van der Waals surface area contributed by atoms with Crippen molar-refractivity contribution in [3.8, 4) is 0 Å². The predicted octanol–water partition coefficient (Wildman–Crippen LogP) is 3.24. The normalized spacial score (nSPS) is 12.6. The lowest BCUT2D eigenvalue weighted by molar-refractivity contribution is 0.552. The van der Waals surface area contributed by atoms with Crippen molar-refractivity contribution in [2.24, 2.45) is 5.84 Å². The van der Waals surface area contributed by atoms with Crippen LogP contribution in [0.4, 0.5) is 4.39 Å². The van der Waals surface area contributed by atoms with Crippen LogP contribution in [0.3, 0.4) is 0 Å². The Morgan fingerprint density at radius 2 is 2.06 bits per heavy atom. The quantitative estimate of drug-likeness (QED) is 0.498. The van der Waals surface area contributed by atoms with Crippen LogP contribution >= 0.6 is 33.9 Å². The van der Waals surface area contributed by atoms with Crippen LogP contribution < -0.4 is 11.3 Å². The smallest absolute Gasteiger partial charge is 0.123 e. The Morgan fingerprint density at radius 1 is 1.35 bits per heavy atom. The zero-order valence-electron chi connectivity index (χ0n) is 8.99. The Kier molecular flexibility index (Phi) is 4.49. The van der Waals surface area contributed by atoms with E-state index < -0.39 is 0 Å². The Hall–Kier alpha value is -0.500. The van der Waals surface area contributed by atoms with Gasteiger partial charge in [-0.15, -0.1) is 11.3 Å². The molecule has 90 valence electrons. The topological polar surface area (TPSA) is 38.0 Å². The molecular formula is C12H12FIN2S. The molecule has 1 aromatic carbocycles. The van der Waals surface area contributed by atoms with Crippen LogP contribution in [-0.2, 0) is 6.42 Å². The Bertz CT molecular complexity index is 484. The van der Waals surface area contributed by atoms with Gasteiger partial charge >= 0.3 is 0 Å². The van der Waals surface area contributed by atoms with Crippen molar-refractivity contribution in [2.45, 2.75) is 12.5 Å². The standard InChI is InChI=1S/C12H12FIN2S/c13-10-3-1-8(2-4-10)5-11(16-15)9-6-12(14)17-7-9/h1-4,6-7,11,16H,5,15H2. The molecule has 1 atom stereocenters. The molecule has 2 rings (SSSR count). The molecule has 2 aromatic rings. The third-order valence-electron chi connectivity index (χ3n) is 2.54. The van der Waals surface area contributed by atoms with E-state index in [4.69, 9.17) is 5.84 Å². The van der Waals surface area contributed by atoms with E-state index >= 15 is 0 Å². The summed E-state index contributed by atoms with van der Waals surface area (Å²) < 4.78 is 14.0. The van der Waals surface area contributed by atoms with E-state index in [0.717, 1.165) is 12.0 Å². The van der Waals surface area contributed by atoms with Crippen LogP contribution in [0.5, 0.6) is 0 Å². The molecule has 0 bridgehead atoms. The second-order valence-electron chi connectivity index (χ2n) is 3.73. The Labute approximate surface area is 117 Å². The first-order valence-corrected chi connectivity index (χ1v) is 7.09. The highest BCUT2D eigenvalue weighted by Crippen LogP contribution is 2.24. The van der Waals surface area contributed by atoms with Crippen molar-refractivity contribution < 1.29 is 4.39 Å². The first kappa shape index (κ1) is 12.9. The largest absolute Gasteiger partial charge is 0.271 e. The summed E-state index contributed by atoms with van der Waals surface area (Å²) in [6.07, 6.45) is 0.754. The number of thiophene rings is 1. The number of hydrogen-bond donors (Lipinski definition) is 2. The van der Waals surface area contributed by atoms with Crippen molar-refractivity contribution in [3.63, 3.8) is 0 Å². The van der Waals surface area contributed by atoms with E-state index in [2.05, 4.69) is 39.5 Å². The van der Waals surface area contributed by atoms with E-state index in [9.17, 15) is 4.39 Å². The summed E-state index contributed by atoms with van der Waals surface area (Å²) in [5.41, 5.74) is 5.04. The molecule has 3 N–H and O–H groups in total. The van der Waals surface area contributed by atoms with E-state index in [-0.39, 0.29) is 11.9 Å². The molecule has 2 nitrogen and oxygen atoms in total. The van der Waals surface area contributed by atoms with Gasteiger partial charge in [0.15, 0.2) is 0 Å². The van der Waals surface area contributed by atoms with Crippen molar-refractivity contribution in [1.82, 2.24) is 5.43 Å². The van der Waals surface area contributed by atoms with Gasteiger partial charge < -0.3 is 0 Å². The van der Waals surface area contributed by atoms with Gasteiger partial charge in [-0.05, 0) is 63.7 Å². The van der Waals surface area contributed by atoms with Crippen molar-refractivity contribution in [1.29, 1.82) is 0 Å². The van der Waals surface area contributed by atoms with Gasteiger partial charge in [-0.25, -0.2) is 4.39 Å². The van der Waals surface area contributed by atoms with Gasteiger partial charge in [0.2, 0.25) is 0 Å². The molecule has 0 aliphatic heterocycles. The fourth-order valence-corrected chi connectivity index (χ4v) is 3.06. The zero-order chi connectivity index (χ0) is 12.3. The van der Waals surface area contributed by atoms with E-state index in [1.165, 1.54) is 20.6 Å². The van der Waals surface area contributed by atoms with Gasteiger partial charge in [0.05, 0.1) is 8.93 Å². The molecule has 0 aliphatic rings. The molecule has 1 unspecified atom stereocenters.